The largest absolute Gasteiger partial charge is 0.338 e. The molecule has 0 aromatic carbocycles. The van der Waals surface area contributed by atoms with E-state index in [1.165, 1.54) is 4.88 Å². The van der Waals surface area contributed by atoms with Crippen molar-refractivity contribution in [1.82, 2.24) is 25.2 Å². The number of anilines is 1. The highest BCUT2D eigenvalue weighted by Gasteiger charge is 2.27. The van der Waals surface area contributed by atoms with Crippen molar-refractivity contribution in [2.75, 3.05) is 31.1 Å². The Morgan fingerprint density at radius 1 is 1.16 bits per heavy atom. The van der Waals surface area contributed by atoms with E-state index in [-0.39, 0.29) is 18.0 Å². The van der Waals surface area contributed by atoms with Gasteiger partial charge in [-0.2, -0.15) is 0 Å². The van der Waals surface area contributed by atoms with Crippen molar-refractivity contribution in [1.29, 1.82) is 0 Å². The Morgan fingerprint density at radius 2 is 1.84 bits per heavy atom. The molecular formula is C17H24N6OS. The first kappa shape index (κ1) is 17.8. The van der Waals surface area contributed by atoms with Crippen LogP contribution < -0.4 is 10.2 Å². The molecule has 1 amide bonds. The average Bonchev–Trinajstić information content (AvgIpc) is 3.08. The van der Waals surface area contributed by atoms with Gasteiger partial charge in [0.2, 0.25) is 11.9 Å². The quantitative estimate of drug-likeness (QED) is 0.874. The monoisotopic (exact) mass is 360 g/mol. The van der Waals surface area contributed by atoms with Crippen molar-refractivity contribution < 1.29 is 4.79 Å². The van der Waals surface area contributed by atoms with Gasteiger partial charge >= 0.3 is 0 Å². The number of hydrogen-bond acceptors (Lipinski definition) is 7. The number of amides is 1. The molecule has 1 aliphatic rings. The molecule has 0 aliphatic carbocycles. The molecule has 3 rings (SSSR count). The fourth-order valence-electron chi connectivity index (χ4n) is 2.95. The predicted molar refractivity (Wildman–Crippen MR) is 98.7 cm³/mol. The van der Waals surface area contributed by atoms with Crippen molar-refractivity contribution in [2.24, 2.45) is 0 Å². The molecule has 134 valence electrons. The standard InChI is InChI=1S/C17H24N6OS/c1-12-11-20-15(25-12)13(2)21-14(3)16(24)22-7-9-23(10-8-22)17-18-5-4-6-19-17/h4-6,11,13-14,21H,7-10H2,1-3H3. The summed E-state index contributed by atoms with van der Waals surface area (Å²) in [6.45, 7) is 8.90. The van der Waals surface area contributed by atoms with Gasteiger partial charge in [0.25, 0.3) is 0 Å². The molecule has 3 heterocycles. The number of thiazole rings is 1. The molecule has 0 radical (unpaired) electrons. The molecule has 2 aromatic rings. The van der Waals surface area contributed by atoms with Crippen LogP contribution in [0.15, 0.2) is 24.7 Å². The summed E-state index contributed by atoms with van der Waals surface area (Å²) in [7, 11) is 0. The van der Waals surface area contributed by atoms with Crippen LogP contribution in [0.5, 0.6) is 0 Å². The number of carbonyl (C=O) groups is 1. The Bertz CT molecular complexity index is 698. The SMILES string of the molecule is Cc1cnc(C(C)NC(C)C(=O)N2CCN(c3ncccn3)CC2)s1. The van der Waals surface area contributed by atoms with Crippen molar-refractivity contribution in [3.63, 3.8) is 0 Å². The van der Waals surface area contributed by atoms with E-state index in [9.17, 15) is 4.79 Å². The van der Waals surface area contributed by atoms with Crippen LogP contribution in [0.4, 0.5) is 5.95 Å². The van der Waals surface area contributed by atoms with Gasteiger partial charge in [-0.1, -0.05) is 0 Å². The fraction of sp³-hybridized carbons (Fsp3) is 0.529. The lowest BCUT2D eigenvalue weighted by Gasteiger charge is -2.36. The lowest BCUT2D eigenvalue weighted by molar-refractivity contribution is -0.133. The molecule has 1 saturated heterocycles. The zero-order chi connectivity index (χ0) is 17.8. The highest BCUT2D eigenvalue weighted by molar-refractivity contribution is 7.11. The van der Waals surface area contributed by atoms with E-state index in [2.05, 4.69) is 25.2 Å². The minimum absolute atomic E-state index is 0.0663. The number of nitrogens with one attached hydrogen (secondary N) is 1. The van der Waals surface area contributed by atoms with Gasteiger partial charge < -0.3 is 9.80 Å². The number of aromatic nitrogens is 3. The molecule has 1 fully saturated rings. The third-order valence-electron chi connectivity index (χ3n) is 4.31. The molecule has 2 aromatic heterocycles. The van der Waals surface area contributed by atoms with Crippen molar-refractivity contribution in [3.05, 3.63) is 34.5 Å². The Hall–Kier alpha value is -2.06. The van der Waals surface area contributed by atoms with Crippen LogP contribution in [-0.4, -0.2) is 58.0 Å². The summed E-state index contributed by atoms with van der Waals surface area (Å²) < 4.78 is 0. The Morgan fingerprint density at radius 3 is 2.44 bits per heavy atom. The van der Waals surface area contributed by atoms with Crippen LogP contribution in [0.25, 0.3) is 0 Å². The van der Waals surface area contributed by atoms with Crippen molar-refractivity contribution in [2.45, 2.75) is 32.9 Å². The van der Waals surface area contributed by atoms with Gasteiger partial charge in [0, 0.05) is 49.6 Å². The van der Waals surface area contributed by atoms with E-state index in [1.54, 1.807) is 23.7 Å². The maximum absolute atomic E-state index is 12.7. The van der Waals surface area contributed by atoms with Crippen LogP contribution in [-0.2, 0) is 4.79 Å². The molecule has 2 unspecified atom stereocenters. The predicted octanol–water partition coefficient (Wildman–Crippen LogP) is 1.63. The van der Waals surface area contributed by atoms with Crippen LogP contribution in [0.1, 0.15) is 29.8 Å². The van der Waals surface area contributed by atoms with Crippen LogP contribution in [0, 0.1) is 6.92 Å². The zero-order valence-electron chi connectivity index (χ0n) is 14.8. The zero-order valence-corrected chi connectivity index (χ0v) is 15.7. The van der Waals surface area contributed by atoms with E-state index < -0.39 is 0 Å². The van der Waals surface area contributed by atoms with Crippen LogP contribution >= 0.6 is 11.3 Å². The Balaban J connectivity index is 1.51. The minimum atomic E-state index is -0.237. The van der Waals surface area contributed by atoms with E-state index in [0.29, 0.717) is 13.1 Å². The van der Waals surface area contributed by atoms with E-state index in [0.717, 1.165) is 24.0 Å². The van der Waals surface area contributed by atoms with Crippen LogP contribution in [0.2, 0.25) is 0 Å². The first-order valence-corrected chi connectivity index (χ1v) is 9.35. The smallest absolute Gasteiger partial charge is 0.239 e. The number of piperazine rings is 1. The van der Waals surface area contributed by atoms with Gasteiger partial charge in [0.15, 0.2) is 0 Å². The molecule has 2 atom stereocenters. The second-order valence-electron chi connectivity index (χ2n) is 6.28. The minimum Gasteiger partial charge on any atom is -0.338 e. The molecule has 1 aliphatic heterocycles. The van der Waals surface area contributed by atoms with Gasteiger partial charge in [0.05, 0.1) is 12.1 Å². The van der Waals surface area contributed by atoms with Crippen molar-refractivity contribution in [3.8, 4) is 0 Å². The molecule has 7 nitrogen and oxygen atoms in total. The first-order chi connectivity index (χ1) is 12.0. The molecule has 8 heteroatoms. The third-order valence-corrected chi connectivity index (χ3v) is 5.40. The highest BCUT2D eigenvalue weighted by Crippen LogP contribution is 2.20. The molecule has 1 N–H and O–H groups in total. The summed E-state index contributed by atoms with van der Waals surface area (Å²) in [4.78, 5) is 30.9. The summed E-state index contributed by atoms with van der Waals surface area (Å²) in [5.74, 6) is 0.863. The van der Waals surface area contributed by atoms with Crippen LogP contribution in [0.3, 0.4) is 0 Å². The Kier molecular flexibility index (Phi) is 5.60. The number of hydrogen-bond donors (Lipinski definition) is 1. The van der Waals surface area contributed by atoms with E-state index >= 15 is 0 Å². The van der Waals surface area contributed by atoms with Gasteiger partial charge in [-0.3, -0.25) is 10.1 Å². The normalized spacial score (nSPS) is 17.4. The number of nitrogens with zero attached hydrogens (tertiary/aromatic N) is 5. The summed E-state index contributed by atoms with van der Waals surface area (Å²) in [5, 5.41) is 4.38. The maximum atomic E-state index is 12.7. The second kappa shape index (κ2) is 7.88. The number of rotatable bonds is 5. The Labute approximate surface area is 152 Å². The van der Waals surface area contributed by atoms with E-state index in [1.807, 2.05) is 37.9 Å². The topological polar surface area (TPSA) is 74.2 Å². The lowest BCUT2D eigenvalue weighted by atomic mass is 10.2. The highest BCUT2D eigenvalue weighted by atomic mass is 32.1. The molecule has 0 bridgehead atoms. The molecule has 0 spiro atoms. The van der Waals surface area contributed by atoms with Gasteiger partial charge in [-0.05, 0) is 26.8 Å². The van der Waals surface area contributed by atoms with Gasteiger partial charge in [0.1, 0.15) is 5.01 Å². The first-order valence-electron chi connectivity index (χ1n) is 8.53. The maximum Gasteiger partial charge on any atom is 0.239 e. The lowest BCUT2D eigenvalue weighted by Crippen LogP contribution is -2.54. The van der Waals surface area contributed by atoms with Gasteiger partial charge in [-0.25, -0.2) is 15.0 Å². The molecular weight excluding hydrogens is 336 g/mol. The number of carbonyl (C=O) groups excluding carboxylic acids is 1. The summed E-state index contributed by atoms with van der Waals surface area (Å²) >= 11 is 1.66. The fourth-order valence-corrected chi connectivity index (χ4v) is 3.73. The summed E-state index contributed by atoms with van der Waals surface area (Å²) in [6.07, 6.45) is 5.36. The summed E-state index contributed by atoms with van der Waals surface area (Å²) in [6, 6.07) is 1.64. The average molecular weight is 360 g/mol. The van der Waals surface area contributed by atoms with Crippen molar-refractivity contribution >= 4 is 23.2 Å². The van der Waals surface area contributed by atoms with E-state index in [4.69, 9.17) is 0 Å². The number of aryl methyl sites for hydroxylation is 1. The molecule has 0 saturated carbocycles. The second-order valence-corrected chi connectivity index (χ2v) is 7.55. The summed E-state index contributed by atoms with van der Waals surface area (Å²) in [5.41, 5.74) is 0. The third kappa shape index (κ3) is 4.32. The molecule has 25 heavy (non-hydrogen) atoms. The van der Waals surface area contributed by atoms with Gasteiger partial charge in [-0.15, -0.1) is 11.3 Å².